The summed E-state index contributed by atoms with van der Waals surface area (Å²) >= 11 is 1.52. The van der Waals surface area contributed by atoms with Gasteiger partial charge in [0.1, 0.15) is 11.6 Å². The number of rotatable bonds is 5. The molecule has 2 N–H and O–H groups in total. The molecule has 0 radical (unpaired) electrons. The fourth-order valence-electron chi connectivity index (χ4n) is 5.63. The summed E-state index contributed by atoms with van der Waals surface area (Å²) in [6, 6.07) is 23.3. The van der Waals surface area contributed by atoms with Gasteiger partial charge < -0.3 is 5.32 Å². The van der Waals surface area contributed by atoms with Crippen LogP contribution in [0.1, 0.15) is 42.5 Å². The van der Waals surface area contributed by atoms with Crippen LogP contribution >= 0.6 is 11.3 Å². The molecule has 7 heteroatoms. The molecule has 2 aliphatic rings. The van der Waals surface area contributed by atoms with E-state index < -0.39 is 0 Å². The van der Waals surface area contributed by atoms with Gasteiger partial charge in [0, 0.05) is 40.6 Å². The Morgan fingerprint density at radius 3 is 2.08 bits per heavy atom. The first kappa shape index (κ1) is 23.0. The molecule has 1 aliphatic carbocycles. The molecule has 2 heterocycles. The Hall–Kier alpha value is -3.42. The molecule has 1 aliphatic heterocycles. The first-order chi connectivity index (χ1) is 17.7. The Morgan fingerprint density at radius 1 is 0.833 bits per heavy atom. The van der Waals surface area contributed by atoms with Crippen molar-refractivity contribution in [2.45, 2.75) is 31.3 Å². The monoisotopic (exact) mass is 500 g/mol. The van der Waals surface area contributed by atoms with E-state index in [-0.39, 0.29) is 35.6 Å². The minimum Gasteiger partial charge on any atom is -0.302 e. The molecule has 3 aromatic carbocycles. The Balaban J connectivity index is 1.36. The van der Waals surface area contributed by atoms with Gasteiger partial charge in [0.25, 0.3) is 0 Å². The van der Waals surface area contributed by atoms with Crippen LogP contribution in [0.4, 0.5) is 13.9 Å². The molecule has 6 rings (SSSR count). The Labute approximate surface area is 213 Å². The number of hydrazone groups is 1. The highest BCUT2D eigenvalue weighted by Crippen LogP contribution is 2.46. The standard InChI is InChI=1S/C29H26F2N4S/c30-21-11-4-9-19(15-21)26-23-13-6-14-24(27(33-26)20-10-5-12-22(31)16-20)28(23)34-35-29-32-25(17-36-29)18-7-2-1-3-8-18/h1-5,7-12,15-17,23-24,26-27,33H,6,13-14H2,(H,32,35)/t23?,24?,26-,27+. The number of hydrogen-bond acceptors (Lipinski definition) is 5. The Morgan fingerprint density at radius 2 is 1.47 bits per heavy atom. The van der Waals surface area contributed by atoms with E-state index in [4.69, 9.17) is 10.1 Å². The molecule has 2 unspecified atom stereocenters. The van der Waals surface area contributed by atoms with E-state index >= 15 is 0 Å². The van der Waals surface area contributed by atoms with Crippen molar-refractivity contribution in [2.75, 3.05) is 5.43 Å². The molecule has 182 valence electrons. The number of nitrogens with zero attached hydrogens (tertiary/aromatic N) is 2. The molecule has 1 saturated carbocycles. The summed E-state index contributed by atoms with van der Waals surface area (Å²) < 4.78 is 28.4. The minimum atomic E-state index is -0.262. The predicted octanol–water partition coefficient (Wildman–Crippen LogP) is 7.36. The molecule has 1 aromatic heterocycles. The summed E-state index contributed by atoms with van der Waals surface area (Å²) in [5.41, 5.74) is 8.00. The van der Waals surface area contributed by atoms with E-state index in [1.165, 1.54) is 23.5 Å². The van der Waals surface area contributed by atoms with Gasteiger partial charge in [-0.1, -0.05) is 61.0 Å². The maximum absolute atomic E-state index is 14.2. The number of hydrogen-bond donors (Lipinski definition) is 2. The van der Waals surface area contributed by atoms with Gasteiger partial charge in [-0.15, -0.1) is 11.3 Å². The zero-order valence-corrected chi connectivity index (χ0v) is 20.4. The van der Waals surface area contributed by atoms with Crippen LogP contribution in [0.15, 0.2) is 89.3 Å². The van der Waals surface area contributed by atoms with Gasteiger partial charge in [-0.3, -0.25) is 5.43 Å². The SMILES string of the molecule is Fc1cccc([C@H]2N[C@@H](c3cccc(F)c3)C3CCCC2C3=NNc2nc(-c3ccccc3)cs2)c1. The van der Waals surface area contributed by atoms with Crippen molar-refractivity contribution in [3.8, 4) is 11.3 Å². The summed E-state index contributed by atoms with van der Waals surface area (Å²) in [6.07, 6.45) is 2.95. The molecular formula is C29H26F2N4S. The van der Waals surface area contributed by atoms with E-state index in [1.807, 2.05) is 47.8 Å². The lowest BCUT2D eigenvalue weighted by atomic mass is 9.67. The third-order valence-corrected chi connectivity index (χ3v) is 7.97. The van der Waals surface area contributed by atoms with Crippen molar-refractivity contribution in [3.05, 3.63) is 107 Å². The van der Waals surface area contributed by atoms with E-state index in [2.05, 4.69) is 10.7 Å². The van der Waals surface area contributed by atoms with Gasteiger partial charge in [0.05, 0.1) is 5.69 Å². The van der Waals surface area contributed by atoms with E-state index in [1.54, 1.807) is 24.3 Å². The van der Waals surface area contributed by atoms with Crippen LogP contribution in [-0.4, -0.2) is 10.7 Å². The van der Waals surface area contributed by atoms with Crippen molar-refractivity contribution in [1.82, 2.24) is 10.3 Å². The Bertz CT molecular complexity index is 1330. The van der Waals surface area contributed by atoms with Gasteiger partial charge in [-0.25, -0.2) is 13.8 Å². The Kier molecular flexibility index (Phi) is 6.34. The molecule has 2 bridgehead atoms. The summed E-state index contributed by atoms with van der Waals surface area (Å²) in [7, 11) is 0. The quantitative estimate of drug-likeness (QED) is 0.282. The number of fused-ring (bicyclic) bond motifs is 2. The van der Waals surface area contributed by atoms with E-state index in [0.29, 0.717) is 0 Å². The number of piperidine rings is 1. The molecule has 0 amide bonds. The van der Waals surface area contributed by atoms with Gasteiger partial charge in [0.2, 0.25) is 5.13 Å². The number of benzene rings is 3. The van der Waals surface area contributed by atoms with Gasteiger partial charge in [-0.2, -0.15) is 5.10 Å². The average Bonchev–Trinajstić information content (AvgIpc) is 3.37. The minimum absolute atomic E-state index is 0.108. The zero-order chi connectivity index (χ0) is 24.5. The van der Waals surface area contributed by atoms with Gasteiger partial charge >= 0.3 is 0 Å². The van der Waals surface area contributed by atoms with Crippen LogP contribution in [0.25, 0.3) is 11.3 Å². The highest BCUT2D eigenvalue weighted by Gasteiger charge is 2.45. The van der Waals surface area contributed by atoms with Crippen molar-refractivity contribution in [1.29, 1.82) is 0 Å². The highest BCUT2D eigenvalue weighted by atomic mass is 32.1. The molecule has 4 aromatic rings. The topological polar surface area (TPSA) is 49.3 Å². The second-order valence-electron chi connectivity index (χ2n) is 9.43. The van der Waals surface area contributed by atoms with E-state index in [9.17, 15) is 8.78 Å². The lowest BCUT2D eigenvalue weighted by molar-refractivity contribution is 0.233. The zero-order valence-electron chi connectivity index (χ0n) is 19.6. The number of anilines is 1. The second-order valence-corrected chi connectivity index (χ2v) is 10.3. The van der Waals surface area contributed by atoms with E-state index in [0.717, 1.165) is 52.5 Å². The van der Waals surface area contributed by atoms with Gasteiger partial charge in [-0.05, 0) is 48.2 Å². The molecule has 4 atom stereocenters. The van der Waals surface area contributed by atoms with Crippen molar-refractivity contribution >= 4 is 22.2 Å². The molecule has 1 saturated heterocycles. The largest absolute Gasteiger partial charge is 0.302 e. The number of nitrogens with one attached hydrogen (secondary N) is 2. The summed E-state index contributed by atoms with van der Waals surface area (Å²) in [4.78, 5) is 4.72. The van der Waals surface area contributed by atoms with Crippen molar-refractivity contribution in [2.24, 2.45) is 16.9 Å². The molecule has 2 fully saturated rings. The summed E-state index contributed by atoms with van der Waals surface area (Å²) in [6.45, 7) is 0. The number of halogens is 2. The number of aromatic nitrogens is 1. The molecule has 0 spiro atoms. The molecule has 36 heavy (non-hydrogen) atoms. The van der Waals surface area contributed by atoms with Crippen LogP contribution < -0.4 is 10.7 Å². The van der Waals surface area contributed by atoms with Crippen molar-refractivity contribution in [3.63, 3.8) is 0 Å². The van der Waals surface area contributed by atoms with Crippen LogP contribution in [0.2, 0.25) is 0 Å². The molecule has 4 nitrogen and oxygen atoms in total. The summed E-state index contributed by atoms with van der Waals surface area (Å²) in [5.74, 6) is -0.308. The maximum atomic E-state index is 14.2. The fourth-order valence-corrected chi connectivity index (χ4v) is 6.29. The fraction of sp³-hybridized carbons (Fsp3) is 0.241. The lowest BCUT2D eigenvalue weighted by Gasteiger charge is -2.47. The van der Waals surface area contributed by atoms with Crippen LogP contribution in [0, 0.1) is 23.5 Å². The van der Waals surface area contributed by atoms with Gasteiger partial charge in [0.15, 0.2) is 0 Å². The van der Waals surface area contributed by atoms with Crippen molar-refractivity contribution < 1.29 is 8.78 Å². The third-order valence-electron chi connectivity index (χ3n) is 7.22. The normalized spacial score (nSPS) is 24.6. The van der Waals surface area contributed by atoms with Crippen LogP contribution in [0.5, 0.6) is 0 Å². The van der Waals surface area contributed by atoms with Crippen LogP contribution in [-0.2, 0) is 0 Å². The average molecular weight is 501 g/mol. The third kappa shape index (κ3) is 4.56. The lowest BCUT2D eigenvalue weighted by Crippen LogP contribution is -2.51. The predicted molar refractivity (Wildman–Crippen MR) is 141 cm³/mol. The maximum Gasteiger partial charge on any atom is 0.203 e. The number of thiazole rings is 1. The smallest absolute Gasteiger partial charge is 0.203 e. The first-order valence-corrected chi connectivity index (χ1v) is 13.1. The molecular weight excluding hydrogens is 474 g/mol. The first-order valence-electron chi connectivity index (χ1n) is 12.3. The van der Waals surface area contributed by atoms with Crippen LogP contribution in [0.3, 0.4) is 0 Å². The summed E-state index contributed by atoms with van der Waals surface area (Å²) in [5, 5.41) is 11.4. The second kappa shape index (κ2) is 9.91. The highest BCUT2D eigenvalue weighted by molar-refractivity contribution is 7.14.